The summed E-state index contributed by atoms with van der Waals surface area (Å²) in [4.78, 5) is 0. The van der Waals surface area contributed by atoms with E-state index in [1.165, 1.54) is 25.7 Å². The molecule has 1 aromatic heterocycles. The SMILES string of the molecule is CCC(OC)C(Cc1ccn(C2CCCC2)n1)NN. The molecule has 2 atom stereocenters. The number of nitrogens with two attached hydrogens (primary N) is 1. The van der Waals surface area contributed by atoms with Crippen LogP contribution in [0.4, 0.5) is 0 Å². The van der Waals surface area contributed by atoms with E-state index in [1.807, 2.05) is 0 Å². The van der Waals surface area contributed by atoms with Gasteiger partial charge in [0.2, 0.25) is 0 Å². The van der Waals surface area contributed by atoms with Crippen LogP contribution in [0.1, 0.15) is 50.8 Å². The fourth-order valence-electron chi connectivity index (χ4n) is 3.00. The number of hydrogen-bond donors (Lipinski definition) is 2. The Balaban J connectivity index is 1.97. The molecule has 0 aromatic carbocycles. The molecule has 0 amide bonds. The molecule has 1 aliphatic carbocycles. The molecular formula is C14H26N4O. The Labute approximate surface area is 115 Å². The molecule has 0 spiro atoms. The van der Waals surface area contributed by atoms with Crippen molar-refractivity contribution in [2.24, 2.45) is 5.84 Å². The van der Waals surface area contributed by atoms with Crippen LogP contribution in [0.3, 0.4) is 0 Å². The first-order valence-electron chi connectivity index (χ1n) is 7.31. The van der Waals surface area contributed by atoms with Gasteiger partial charge in [0, 0.05) is 19.7 Å². The van der Waals surface area contributed by atoms with Crippen molar-refractivity contribution in [1.82, 2.24) is 15.2 Å². The Bertz CT molecular complexity index is 369. The van der Waals surface area contributed by atoms with Crippen molar-refractivity contribution in [3.63, 3.8) is 0 Å². The largest absolute Gasteiger partial charge is 0.380 e. The zero-order valence-corrected chi connectivity index (χ0v) is 12.0. The lowest BCUT2D eigenvalue weighted by molar-refractivity contribution is 0.0650. The summed E-state index contributed by atoms with van der Waals surface area (Å²) in [6.07, 6.45) is 9.15. The van der Waals surface area contributed by atoms with Crippen LogP contribution < -0.4 is 11.3 Å². The summed E-state index contributed by atoms with van der Waals surface area (Å²) in [7, 11) is 1.73. The van der Waals surface area contributed by atoms with Gasteiger partial charge < -0.3 is 4.74 Å². The number of rotatable bonds is 7. The summed E-state index contributed by atoms with van der Waals surface area (Å²) in [6.45, 7) is 2.11. The van der Waals surface area contributed by atoms with Gasteiger partial charge >= 0.3 is 0 Å². The molecule has 108 valence electrons. The third-order valence-corrected chi connectivity index (χ3v) is 4.16. The molecule has 2 rings (SSSR count). The lowest BCUT2D eigenvalue weighted by Gasteiger charge is -2.23. The van der Waals surface area contributed by atoms with Gasteiger partial charge in [-0.25, -0.2) is 0 Å². The van der Waals surface area contributed by atoms with Crippen LogP contribution >= 0.6 is 0 Å². The minimum absolute atomic E-state index is 0.113. The third-order valence-electron chi connectivity index (χ3n) is 4.16. The number of methoxy groups -OCH3 is 1. The summed E-state index contributed by atoms with van der Waals surface area (Å²) in [5, 5.41) is 4.70. The molecule has 0 bridgehead atoms. The number of nitrogens with zero attached hydrogens (tertiary/aromatic N) is 2. The topological polar surface area (TPSA) is 65.1 Å². The molecular weight excluding hydrogens is 240 g/mol. The molecule has 0 saturated heterocycles. The quantitative estimate of drug-likeness (QED) is 0.583. The zero-order valence-electron chi connectivity index (χ0n) is 12.0. The Morgan fingerprint density at radius 2 is 2.26 bits per heavy atom. The van der Waals surface area contributed by atoms with E-state index in [0.717, 1.165) is 18.5 Å². The molecule has 1 fully saturated rings. The highest BCUT2D eigenvalue weighted by molar-refractivity contribution is 5.03. The Hall–Kier alpha value is -0.910. The van der Waals surface area contributed by atoms with Gasteiger partial charge in [-0.05, 0) is 25.3 Å². The van der Waals surface area contributed by atoms with Gasteiger partial charge in [-0.2, -0.15) is 5.10 Å². The smallest absolute Gasteiger partial charge is 0.0738 e. The first kappa shape index (κ1) is 14.5. The Kier molecular flexibility index (Phi) is 5.36. The molecule has 5 heteroatoms. The maximum absolute atomic E-state index is 5.64. The van der Waals surface area contributed by atoms with Crippen LogP contribution in [0.2, 0.25) is 0 Å². The molecule has 2 unspecified atom stereocenters. The highest BCUT2D eigenvalue weighted by atomic mass is 16.5. The van der Waals surface area contributed by atoms with E-state index < -0.39 is 0 Å². The van der Waals surface area contributed by atoms with Gasteiger partial charge in [-0.3, -0.25) is 16.0 Å². The highest BCUT2D eigenvalue weighted by Gasteiger charge is 2.21. The second kappa shape index (κ2) is 7.03. The summed E-state index contributed by atoms with van der Waals surface area (Å²) in [6, 6.07) is 2.81. The minimum atomic E-state index is 0.113. The van der Waals surface area contributed by atoms with Gasteiger partial charge in [-0.15, -0.1) is 0 Å². The molecule has 1 saturated carbocycles. The lowest BCUT2D eigenvalue weighted by atomic mass is 10.0. The molecule has 19 heavy (non-hydrogen) atoms. The standard InChI is InChI=1S/C14H26N4O/c1-3-14(19-2)13(16-15)10-11-8-9-18(17-11)12-6-4-5-7-12/h8-9,12-14,16H,3-7,10,15H2,1-2H3. The number of hydrogen-bond acceptors (Lipinski definition) is 4. The summed E-state index contributed by atoms with van der Waals surface area (Å²) >= 11 is 0. The van der Waals surface area contributed by atoms with Crippen molar-refractivity contribution in [2.75, 3.05) is 7.11 Å². The van der Waals surface area contributed by atoms with Crippen molar-refractivity contribution in [3.8, 4) is 0 Å². The monoisotopic (exact) mass is 266 g/mol. The number of ether oxygens (including phenoxy) is 1. The molecule has 1 aliphatic rings. The fourth-order valence-corrected chi connectivity index (χ4v) is 3.00. The maximum Gasteiger partial charge on any atom is 0.0738 e. The molecule has 1 heterocycles. The predicted octanol–water partition coefficient (Wildman–Crippen LogP) is 1.80. The predicted molar refractivity (Wildman–Crippen MR) is 75.6 cm³/mol. The molecule has 0 radical (unpaired) electrons. The van der Waals surface area contributed by atoms with Crippen LogP contribution in [0.25, 0.3) is 0 Å². The highest BCUT2D eigenvalue weighted by Crippen LogP contribution is 2.28. The second-order valence-corrected chi connectivity index (χ2v) is 5.39. The van der Waals surface area contributed by atoms with Crippen molar-refractivity contribution < 1.29 is 4.74 Å². The molecule has 5 nitrogen and oxygen atoms in total. The van der Waals surface area contributed by atoms with Crippen molar-refractivity contribution in [1.29, 1.82) is 0 Å². The van der Waals surface area contributed by atoms with Crippen LogP contribution in [-0.4, -0.2) is 29.0 Å². The summed E-state index contributed by atoms with van der Waals surface area (Å²) in [5.41, 5.74) is 3.95. The maximum atomic E-state index is 5.64. The van der Waals surface area contributed by atoms with E-state index in [1.54, 1.807) is 7.11 Å². The van der Waals surface area contributed by atoms with E-state index in [-0.39, 0.29) is 12.1 Å². The van der Waals surface area contributed by atoms with E-state index >= 15 is 0 Å². The van der Waals surface area contributed by atoms with Crippen molar-refractivity contribution >= 4 is 0 Å². The van der Waals surface area contributed by atoms with E-state index in [0.29, 0.717) is 6.04 Å². The molecule has 1 aromatic rings. The number of nitrogens with one attached hydrogen (secondary N) is 1. The van der Waals surface area contributed by atoms with Crippen LogP contribution in [0.15, 0.2) is 12.3 Å². The van der Waals surface area contributed by atoms with Crippen LogP contribution in [0.5, 0.6) is 0 Å². The third kappa shape index (κ3) is 3.55. The van der Waals surface area contributed by atoms with Gasteiger partial charge in [0.25, 0.3) is 0 Å². The minimum Gasteiger partial charge on any atom is -0.380 e. The van der Waals surface area contributed by atoms with E-state index in [9.17, 15) is 0 Å². The van der Waals surface area contributed by atoms with Crippen LogP contribution in [-0.2, 0) is 11.2 Å². The number of aromatic nitrogens is 2. The normalized spacial score (nSPS) is 19.7. The Morgan fingerprint density at radius 3 is 2.84 bits per heavy atom. The van der Waals surface area contributed by atoms with Gasteiger partial charge in [0.1, 0.15) is 0 Å². The molecule has 3 N–H and O–H groups in total. The van der Waals surface area contributed by atoms with Gasteiger partial charge in [0.05, 0.1) is 23.9 Å². The van der Waals surface area contributed by atoms with Crippen molar-refractivity contribution in [2.45, 2.75) is 63.6 Å². The average molecular weight is 266 g/mol. The van der Waals surface area contributed by atoms with Crippen molar-refractivity contribution in [3.05, 3.63) is 18.0 Å². The fraction of sp³-hybridized carbons (Fsp3) is 0.786. The summed E-state index contributed by atoms with van der Waals surface area (Å²) < 4.78 is 7.58. The van der Waals surface area contributed by atoms with E-state index in [2.05, 4.69) is 29.3 Å². The lowest BCUT2D eigenvalue weighted by Crippen LogP contribution is -2.46. The van der Waals surface area contributed by atoms with E-state index in [4.69, 9.17) is 15.7 Å². The Morgan fingerprint density at radius 1 is 1.53 bits per heavy atom. The van der Waals surface area contributed by atoms with Gasteiger partial charge in [0.15, 0.2) is 0 Å². The molecule has 0 aliphatic heterocycles. The summed E-state index contributed by atoms with van der Waals surface area (Å²) in [5.74, 6) is 5.64. The zero-order chi connectivity index (χ0) is 13.7. The second-order valence-electron chi connectivity index (χ2n) is 5.39. The van der Waals surface area contributed by atoms with Gasteiger partial charge in [-0.1, -0.05) is 19.8 Å². The first-order chi connectivity index (χ1) is 9.28. The number of hydrazine groups is 1. The first-order valence-corrected chi connectivity index (χ1v) is 7.31. The van der Waals surface area contributed by atoms with Crippen LogP contribution in [0, 0.1) is 0 Å². The average Bonchev–Trinajstić information content (AvgIpc) is 3.09.